The van der Waals surface area contributed by atoms with Crippen molar-refractivity contribution in [3.05, 3.63) is 184 Å². The van der Waals surface area contributed by atoms with Crippen molar-refractivity contribution < 1.29 is 0 Å². The Morgan fingerprint density at radius 2 is 0.930 bits per heavy atom. The van der Waals surface area contributed by atoms with Gasteiger partial charge in [-0.2, -0.15) is 0 Å². The highest BCUT2D eigenvalue weighted by atomic mass is 15.2. The third-order valence-corrected chi connectivity index (χ3v) is 17.8. The molecule has 0 radical (unpaired) electrons. The van der Waals surface area contributed by atoms with E-state index in [-0.39, 0.29) is 44.6 Å². The molecule has 0 saturated carbocycles. The molecule has 3 heteroatoms. The van der Waals surface area contributed by atoms with Gasteiger partial charge in [0.05, 0.1) is 5.69 Å². The van der Waals surface area contributed by atoms with E-state index >= 15 is 0 Å². The summed E-state index contributed by atoms with van der Waals surface area (Å²) in [6.07, 6.45) is 2.30. The van der Waals surface area contributed by atoms with Gasteiger partial charge < -0.3 is 9.80 Å². The number of hydrogen-bond donors (Lipinski definition) is 0. The van der Waals surface area contributed by atoms with Crippen molar-refractivity contribution in [1.29, 1.82) is 0 Å². The van der Waals surface area contributed by atoms with E-state index < -0.39 is 0 Å². The molecule has 0 amide bonds. The van der Waals surface area contributed by atoms with Gasteiger partial charge in [-0.05, 0) is 154 Å². The minimum absolute atomic E-state index is 0.0131. The Hall–Kier alpha value is -5.80. The van der Waals surface area contributed by atoms with Gasteiger partial charge in [0, 0.05) is 44.8 Å². The average molecular weight is 933 g/mol. The van der Waals surface area contributed by atoms with Crippen LogP contribution >= 0.6 is 0 Å². The lowest BCUT2D eigenvalue weighted by atomic mass is 9.33. The van der Waals surface area contributed by atoms with Gasteiger partial charge >= 0.3 is 0 Å². The number of rotatable bonds is 3. The molecule has 0 aromatic heterocycles. The molecule has 4 aliphatic rings. The second kappa shape index (κ2) is 15.4. The first-order chi connectivity index (χ1) is 33.1. The van der Waals surface area contributed by atoms with Crippen LogP contribution in [0.5, 0.6) is 0 Å². The normalized spacial score (nSPS) is 17.9. The number of fused-ring (bicyclic) bond motifs is 7. The minimum Gasteiger partial charge on any atom is -0.311 e. The smallest absolute Gasteiger partial charge is 0.252 e. The molecule has 2 aliphatic heterocycles. The van der Waals surface area contributed by atoms with Crippen molar-refractivity contribution >= 4 is 57.2 Å². The molecule has 2 heterocycles. The maximum Gasteiger partial charge on any atom is 0.252 e. The molecule has 0 fully saturated rings. The topological polar surface area (TPSA) is 6.48 Å². The lowest BCUT2D eigenvalue weighted by Gasteiger charge is -2.49. The molecule has 7 aromatic rings. The van der Waals surface area contributed by atoms with Crippen LogP contribution in [-0.2, 0) is 37.9 Å². The van der Waals surface area contributed by atoms with Gasteiger partial charge in [-0.15, -0.1) is 0 Å². The fourth-order valence-electron chi connectivity index (χ4n) is 13.3. The quantitative estimate of drug-likeness (QED) is 0.163. The number of anilines is 6. The van der Waals surface area contributed by atoms with Gasteiger partial charge in [0.15, 0.2) is 0 Å². The zero-order valence-electron chi connectivity index (χ0n) is 46.1. The summed E-state index contributed by atoms with van der Waals surface area (Å²) in [6, 6.07) is 53.2. The molecule has 0 bridgehead atoms. The van der Waals surface area contributed by atoms with Crippen molar-refractivity contribution in [3.8, 4) is 11.1 Å². The van der Waals surface area contributed by atoms with Crippen LogP contribution in [0.3, 0.4) is 0 Å². The van der Waals surface area contributed by atoms with Crippen LogP contribution < -0.4 is 26.2 Å². The van der Waals surface area contributed by atoms with Crippen LogP contribution in [0.2, 0.25) is 0 Å². The van der Waals surface area contributed by atoms with Crippen LogP contribution in [-0.4, -0.2) is 6.71 Å². The van der Waals surface area contributed by atoms with E-state index in [1.54, 1.807) is 0 Å². The van der Waals surface area contributed by atoms with Crippen molar-refractivity contribution in [2.75, 3.05) is 9.80 Å². The summed E-state index contributed by atoms with van der Waals surface area (Å²) < 4.78 is 0. The highest BCUT2D eigenvalue weighted by molar-refractivity contribution is 7.00. The zero-order valence-corrected chi connectivity index (χ0v) is 46.1. The van der Waals surface area contributed by atoms with Crippen LogP contribution in [0.1, 0.15) is 181 Å². The molecule has 7 aromatic carbocycles. The first-order valence-electron chi connectivity index (χ1n) is 26.7. The number of benzene rings is 7. The van der Waals surface area contributed by atoms with E-state index in [1.165, 1.54) is 112 Å². The molecule has 0 atom stereocenters. The van der Waals surface area contributed by atoms with Crippen molar-refractivity contribution in [3.63, 3.8) is 0 Å². The van der Waals surface area contributed by atoms with Crippen LogP contribution in [0.4, 0.5) is 34.1 Å². The van der Waals surface area contributed by atoms with Crippen LogP contribution in [0.15, 0.2) is 133 Å². The molecule has 11 rings (SSSR count). The Kier molecular flexibility index (Phi) is 10.3. The zero-order chi connectivity index (χ0) is 50.7. The lowest BCUT2D eigenvalue weighted by Crippen LogP contribution is -2.62. The Morgan fingerprint density at radius 3 is 1.55 bits per heavy atom. The Labute approximate surface area is 428 Å². The standard InChI is InChI=1S/C68H77BN2/c1-62(2,3)43-26-23-27-46(36-43)70-55-37-44(63(4,5)6)30-32-52(55)69-53-40-50-51(68(16,17)48-29-22-21-28-47(48)67(50,14)15)41-56(53)71(58-39-45(64(7,8)9)38-57(70)61(58)69)54-33-31-49-60(59(54)42-24-19-18-20-25-42)66(12,13)35-34-65(49,10)11/h18-33,36-41H,34-35H2,1-17H3. The van der Waals surface area contributed by atoms with E-state index in [0.29, 0.717) is 0 Å². The summed E-state index contributed by atoms with van der Waals surface area (Å²) in [4.78, 5) is 5.42. The summed E-state index contributed by atoms with van der Waals surface area (Å²) in [5.41, 5.74) is 26.4. The van der Waals surface area contributed by atoms with Crippen molar-refractivity contribution in [1.82, 2.24) is 0 Å². The second-order valence-corrected chi connectivity index (χ2v) is 27.4. The molecule has 0 N–H and O–H groups in total. The van der Waals surface area contributed by atoms with Gasteiger partial charge in [0.1, 0.15) is 0 Å². The first-order valence-corrected chi connectivity index (χ1v) is 26.7. The van der Waals surface area contributed by atoms with E-state index in [4.69, 9.17) is 0 Å². The van der Waals surface area contributed by atoms with Gasteiger partial charge in [-0.1, -0.05) is 209 Å². The highest BCUT2D eigenvalue weighted by Gasteiger charge is 2.50. The molecule has 0 unspecified atom stereocenters. The van der Waals surface area contributed by atoms with Gasteiger partial charge in [-0.3, -0.25) is 0 Å². The summed E-state index contributed by atoms with van der Waals surface area (Å²) in [7, 11) is 0. The Bertz CT molecular complexity index is 3320. The molecular weight excluding hydrogens is 856 g/mol. The van der Waals surface area contributed by atoms with E-state index in [0.717, 1.165) is 12.8 Å². The van der Waals surface area contributed by atoms with Crippen LogP contribution in [0.25, 0.3) is 11.1 Å². The van der Waals surface area contributed by atoms with Crippen molar-refractivity contribution in [2.24, 2.45) is 0 Å². The van der Waals surface area contributed by atoms with Gasteiger partial charge in [0.2, 0.25) is 0 Å². The van der Waals surface area contributed by atoms with Crippen LogP contribution in [0, 0.1) is 0 Å². The maximum atomic E-state index is 2.77. The number of nitrogens with zero attached hydrogens (tertiary/aromatic N) is 2. The van der Waals surface area contributed by atoms with Crippen molar-refractivity contribution in [2.45, 2.75) is 168 Å². The summed E-state index contributed by atoms with van der Waals surface area (Å²) in [6.45, 7) is 41.1. The fraction of sp³-hybridized carbons (Fsp3) is 0.382. The molecule has 0 saturated heterocycles. The van der Waals surface area contributed by atoms with Gasteiger partial charge in [-0.25, -0.2) is 0 Å². The number of hydrogen-bond acceptors (Lipinski definition) is 2. The lowest BCUT2D eigenvalue weighted by molar-refractivity contribution is 0.333. The van der Waals surface area contributed by atoms with E-state index in [1.807, 2.05) is 0 Å². The molecule has 362 valence electrons. The third kappa shape index (κ3) is 7.17. The van der Waals surface area contributed by atoms with Gasteiger partial charge in [0.25, 0.3) is 6.71 Å². The molecule has 71 heavy (non-hydrogen) atoms. The molecule has 2 nitrogen and oxygen atoms in total. The Morgan fingerprint density at radius 1 is 0.394 bits per heavy atom. The Balaban J connectivity index is 1.34. The average Bonchev–Trinajstić information content (AvgIpc) is 3.31. The SMILES string of the molecule is CC(C)(C)c1cccc(N2c3cc(C(C)(C)C)ccc3B3c4cc5c(cc4N(c4ccc6c(c4-c4ccccc4)C(C)(C)CCC6(C)C)c4cc(C(C)(C)C)cc2c43)C(C)(C)c2ccccc2C5(C)C)c1. The highest BCUT2D eigenvalue weighted by Crippen LogP contribution is 2.57. The van der Waals surface area contributed by atoms with E-state index in [2.05, 4.69) is 261 Å². The predicted molar refractivity (Wildman–Crippen MR) is 308 cm³/mol. The third-order valence-electron chi connectivity index (χ3n) is 17.8. The first kappa shape index (κ1) is 47.5. The van der Waals surface area contributed by atoms with E-state index in [9.17, 15) is 0 Å². The largest absolute Gasteiger partial charge is 0.311 e. The maximum absolute atomic E-state index is 2.77. The monoisotopic (exact) mass is 933 g/mol. The molecule has 2 aliphatic carbocycles. The predicted octanol–water partition coefficient (Wildman–Crippen LogP) is 16.6. The molecule has 0 spiro atoms. The second-order valence-electron chi connectivity index (χ2n) is 27.4. The molecular formula is C68H77BN2. The minimum atomic E-state index is -0.230. The summed E-state index contributed by atoms with van der Waals surface area (Å²) in [5.74, 6) is 0. The summed E-state index contributed by atoms with van der Waals surface area (Å²) >= 11 is 0. The fourth-order valence-corrected chi connectivity index (χ4v) is 13.3. The summed E-state index contributed by atoms with van der Waals surface area (Å²) in [5, 5.41) is 0.